The number of benzene rings is 2. The first-order valence-corrected chi connectivity index (χ1v) is 12.4. The van der Waals surface area contributed by atoms with E-state index < -0.39 is 0 Å². The first-order valence-electron chi connectivity index (χ1n) is 11.6. The lowest BCUT2D eigenvalue weighted by molar-refractivity contribution is -0.0165. The monoisotopic (exact) mass is 515 g/mol. The predicted molar refractivity (Wildman–Crippen MR) is 131 cm³/mol. The molecule has 0 fully saturated rings. The second kappa shape index (κ2) is 10.7. The van der Waals surface area contributed by atoms with Gasteiger partial charge in [-0.3, -0.25) is 9.69 Å². The number of phenolic OH excluding ortho intramolecular Hbond substituents is 1. The number of fused-ring (bicyclic) bond motifs is 2. The topological polar surface area (TPSA) is 68.2 Å². The number of phenols is 1. The lowest BCUT2D eigenvalue weighted by Crippen LogP contribution is -2.25. The fourth-order valence-corrected chi connectivity index (χ4v) is 4.69. The van der Waals surface area contributed by atoms with Crippen LogP contribution in [-0.4, -0.2) is 35.7 Å². The van der Waals surface area contributed by atoms with Gasteiger partial charge in [0.15, 0.2) is 12.6 Å². The van der Waals surface area contributed by atoms with Gasteiger partial charge >= 0.3 is 0 Å². The molecule has 0 spiro atoms. The number of ketones is 1. The number of halogens is 1. The van der Waals surface area contributed by atoms with Crippen molar-refractivity contribution in [3.05, 3.63) is 56.8 Å². The third kappa shape index (κ3) is 5.26. The van der Waals surface area contributed by atoms with E-state index in [1.807, 2.05) is 12.1 Å². The summed E-state index contributed by atoms with van der Waals surface area (Å²) in [5, 5.41) is 10.7. The largest absolute Gasteiger partial charge is 0.507 e. The first-order chi connectivity index (χ1) is 16.0. The maximum absolute atomic E-state index is 13.2. The van der Waals surface area contributed by atoms with E-state index in [2.05, 4.69) is 34.7 Å². The van der Waals surface area contributed by atoms with Crippen LogP contribution in [0.4, 0.5) is 0 Å². The van der Waals surface area contributed by atoms with Gasteiger partial charge in [-0.15, -0.1) is 0 Å². The van der Waals surface area contributed by atoms with Crippen molar-refractivity contribution in [1.82, 2.24) is 4.90 Å². The molecule has 0 radical (unpaired) electrons. The Hall–Kier alpha value is -2.35. The summed E-state index contributed by atoms with van der Waals surface area (Å²) < 4.78 is 18.0. The van der Waals surface area contributed by atoms with Crippen LogP contribution in [0, 0.1) is 0 Å². The molecule has 0 aliphatic carbocycles. The third-order valence-electron chi connectivity index (χ3n) is 5.94. The average molecular weight is 516 g/mol. The molecule has 2 aliphatic rings. The van der Waals surface area contributed by atoms with E-state index in [1.54, 1.807) is 18.2 Å². The Kier molecular flexibility index (Phi) is 7.73. The molecule has 0 amide bonds. The summed E-state index contributed by atoms with van der Waals surface area (Å²) in [6.45, 7) is 7.39. The van der Waals surface area contributed by atoms with Gasteiger partial charge in [0, 0.05) is 22.1 Å². The Bertz CT molecular complexity index is 1060. The normalized spacial score (nSPS) is 16.0. The zero-order valence-electron chi connectivity index (χ0n) is 19.2. The fourth-order valence-electron chi connectivity index (χ4n) is 4.16. The zero-order valence-corrected chi connectivity index (χ0v) is 20.7. The number of aromatic hydroxyl groups is 1. The molecule has 0 aromatic heterocycles. The minimum absolute atomic E-state index is 0.154. The van der Waals surface area contributed by atoms with Crippen LogP contribution in [0.2, 0.25) is 0 Å². The highest BCUT2D eigenvalue weighted by atomic mass is 79.9. The van der Waals surface area contributed by atoms with Gasteiger partial charge in [0.25, 0.3) is 0 Å². The minimum atomic E-state index is -0.194. The molecular weight excluding hydrogens is 486 g/mol. The van der Waals surface area contributed by atoms with Crippen molar-refractivity contribution in [3.8, 4) is 17.2 Å². The number of carbonyl (C=O) groups is 1. The van der Waals surface area contributed by atoms with Crippen LogP contribution < -0.4 is 9.47 Å². The summed E-state index contributed by atoms with van der Waals surface area (Å²) in [4.78, 5) is 15.5. The predicted octanol–water partition coefficient (Wildman–Crippen LogP) is 6.04. The Balaban J connectivity index is 1.65. The molecule has 1 N–H and O–H groups in total. The van der Waals surface area contributed by atoms with Crippen molar-refractivity contribution < 1.29 is 24.1 Å². The van der Waals surface area contributed by atoms with Crippen LogP contribution in [0.3, 0.4) is 0 Å². The molecule has 0 atom stereocenters. The van der Waals surface area contributed by atoms with Gasteiger partial charge in [-0.1, -0.05) is 42.6 Å². The number of allylic oxidation sites excluding steroid dienone is 1. The molecule has 33 heavy (non-hydrogen) atoms. The standard InChI is InChI=1S/C26H30BrNO5/c1-3-5-9-28(10-6-4-2)14-21-22(29)8-7-20-24(30)23(33-26(20)21)13-17-11-19(27)12-18-15-31-16-32-25(17)18/h7-8,11-13,29H,3-6,9-10,14-16H2,1-2H3/b23-13+. The van der Waals surface area contributed by atoms with E-state index >= 15 is 0 Å². The van der Waals surface area contributed by atoms with Gasteiger partial charge in [0.05, 0.1) is 17.7 Å². The lowest BCUT2D eigenvalue weighted by Gasteiger charge is -2.23. The maximum atomic E-state index is 13.2. The van der Waals surface area contributed by atoms with Gasteiger partial charge in [-0.05, 0) is 56.3 Å². The van der Waals surface area contributed by atoms with E-state index in [9.17, 15) is 9.90 Å². The second-order valence-electron chi connectivity index (χ2n) is 8.46. The number of hydrogen-bond acceptors (Lipinski definition) is 6. The molecule has 2 aromatic rings. The fraction of sp³-hybridized carbons (Fsp3) is 0.423. The Morgan fingerprint density at radius 1 is 1.12 bits per heavy atom. The quantitative estimate of drug-likeness (QED) is 0.410. The number of rotatable bonds is 9. The highest BCUT2D eigenvalue weighted by Crippen LogP contribution is 2.41. The Morgan fingerprint density at radius 2 is 1.88 bits per heavy atom. The molecule has 176 valence electrons. The van der Waals surface area contributed by atoms with E-state index in [0.717, 1.165) is 54.4 Å². The molecule has 2 aliphatic heterocycles. The molecule has 2 aromatic carbocycles. The molecule has 6 nitrogen and oxygen atoms in total. The van der Waals surface area contributed by atoms with E-state index in [-0.39, 0.29) is 24.1 Å². The zero-order chi connectivity index (χ0) is 23.4. The summed E-state index contributed by atoms with van der Waals surface area (Å²) in [7, 11) is 0. The van der Waals surface area contributed by atoms with Gasteiger partial charge < -0.3 is 19.3 Å². The van der Waals surface area contributed by atoms with Crippen molar-refractivity contribution in [2.75, 3.05) is 19.9 Å². The van der Waals surface area contributed by atoms with E-state index in [4.69, 9.17) is 14.2 Å². The lowest BCUT2D eigenvalue weighted by atomic mass is 10.0. The van der Waals surface area contributed by atoms with Crippen molar-refractivity contribution in [3.63, 3.8) is 0 Å². The number of unbranched alkanes of at least 4 members (excludes halogenated alkanes) is 2. The van der Waals surface area contributed by atoms with E-state index in [0.29, 0.717) is 35.8 Å². The molecule has 0 saturated carbocycles. The smallest absolute Gasteiger partial charge is 0.231 e. The summed E-state index contributed by atoms with van der Waals surface area (Å²) in [6, 6.07) is 7.07. The summed E-state index contributed by atoms with van der Waals surface area (Å²) >= 11 is 3.52. The minimum Gasteiger partial charge on any atom is -0.507 e. The molecule has 4 rings (SSSR count). The van der Waals surface area contributed by atoms with Crippen LogP contribution in [0.15, 0.2) is 34.5 Å². The van der Waals surface area contributed by atoms with Crippen molar-refractivity contribution in [2.45, 2.75) is 52.7 Å². The van der Waals surface area contributed by atoms with Crippen LogP contribution in [-0.2, 0) is 17.9 Å². The van der Waals surface area contributed by atoms with Crippen molar-refractivity contribution in [2.24, 2.45) is 0 Å². The average Bonchev–Trinajstić information content (AvgIpc) is 3.12. The van der Waals surface area contributed by atoms with Crippen LogP contribution in [0.25, 0.3) is 6.08 Å². The Morgan fingerprint density at radius 3 is 2.61 bits per heavy atom. The highest BCUT2D eigenvalue weighted by Gasteiger charge is 2.32. The summed E-state index contributed by atoms with van der Waals surface area (Å²) in [5.74, 6) is 1.33. The summed E-state index contributed by atoms with van der Waals surface area (Å²) in [6.07, 6.45) is 6.09. The SMILES string of the molecule is CCCCN(CCCC)Cc1c(O)ccc2c1O/C(=C/c1cc(Br)cc3c1OCOC3)C2=O. The van der Waals surface area contributed by atoms with Crippen molar-refractivity contribution in [1.29, 1.82) is 0 Å². The highest BCUT2D eigenvalue weighted by molar-refractivity contribution is 9.10. The molecule has 0 unspecified atom stereocenters. The van der Waals surface area contributed by atoms with Gasteiger partial charge in [0.1, 0.15) is 17.2 Å². The number of nitrogens with zero attached hydrogens (tertiary/aromatic N) is 1. The number of ether oxygens (including phenoxy) is 3. The van der Waals surface area contributed by atoms with E-state index in [1.165, 1.54) is 0 Å². The number of hydrogen-bond donors (Lipinski definition) is 1. The molecule has 2 heterocycles. The van der Waals surface area contributed by atoms with Crippen LogP contribution >= 0.6 is 15.9 Å². The summed E-state index contributed by atoms with van der Waals surface area (Å²) in [5.41, 5.74) is 2.80. The second-order valence-corrected chi connectivity index (χ2v) is 9.37. The van der Waals surface area contributed by atoms with Crippen molar-refractivity contribution >= 4 is 27.8 Å². The molecule has 7 heteroatoms. The van der Waals surface area contributed by atoms with Crippen LogP contribution in [0.5, 0.6) is 17.2 Å². The first kappa shape index (κ1) is 23.8. The Labute approximate surface area is 203 Å². The van der Waals surface area contributed by atoms with Crippen LogP contribution in [0.1, 0.15) is 66.6 Å². The maximum Gasteiger partial charge on any atom is 0.231 e. The molecule has 0 saturated heterocycles. The van der Waals surface area contributed by atoms with Gasteiger partial charge in [-0.25, -0.2) is 0 Å². The van der Waals surface area contributed by atoms with Gasteiger partial charge in [0.2, 0.25) is 5.78 Å². The van der Waals surface area contributed by atoms with Gasteiger partial charge in [-0.2, -0.15) is 0 Å². The number of carbonyl (C=O) groups excluding carboxylic acids is 1. The third-order valence-corrected chi connectivity index (χ3v) is 6.40. The molecular formula is C26H30BrNO5. The number of Topliss-reactive ketones (excluding diaryl/α,β-unsaturated/α-hetero) is 1. The molecule has 0 bridgehead atoms.